The second-order valence-corrected chi connectivity index (χ2v) is 9.60. The molecule has 0 aliphatic rings. The van der Waals surface area contributed by atoms with Gasteiger partial charge < -0.3 is 18.9 Å². The molecule has 16 heteroatoms. The number of halogens is 3. The van der Waals surface area contributed by atoms with Crippen molar-refractivity contribution in [1.29, 1.82) is 0 Å². The molecule has 2 atom stereocenters. The van der Waals surface area contributed by atoms with Gasteiger partial charge in [-0.25, -0.2) is 18.4 Å². The second kappa shape index (κ2) is 11.7. The van der Waals surface area contributed by atoms with Gasteiger partial charge in [0, 0.05) is 19.5 Å². The summed E-state index contributed by atoms with van der Waals surface area (Å²) < 4.78 is 76.2. The highest BCUT2D eigenvalue weighted by atomic mass is 35.5. The number of alkyl halides is 2. The Bertz CT molecular complexity index is 1260. The maximum absolute atomic E-state index is 13.3. The van der Waals surface area contributed by atoms with Gasteiger partial charge in [-0.3, -0.25) is 9.29 Å². The number of nitrogens with zero attached hydrogens (tertiary/aromatic N) is 5. The molecule has 196 valence electrons. The summed E-state index contributed by atoms with van der Waals surface area (Å²) in [4.78, 5) is 8.06. The summed E-state index contributed by atoms with van der Waals surface area (Å²) in [6.07, 6.45) is 1.53. The van der Waals surface area contributed by atoms with Crippen LogP contribution in [0, 0.1) is 0 Å². The molecule has 2 unspecified atom stereocenters. The van der Waals surface area contributed by atoms with Crippen molar-refractivity contribution in [2.45, 2.75) is 31.5 Å². The molecular formula is C20H23ClF2N6O6S. The van der Waals surface area contributed by atoms with Gasteiger partial charge in [-0.1, -0.05) is 17.7 Å². The number of rotatable bonds is 12. The van der Waals surface area contributed by atoms with Gasteiger partial charge in [-0.15, -0.1) is 10.2 Å². The lowest BCUT2D eigenvalue weighted by molar-refractivity contribution is -0.139. The Hall–Kier alpha value is -3.14. The molecule has 0 fully saturated rings. The Labute approximate surface area is 210 Å². The van der Waals surface area contributed by atoms with Crippen LogP contribution in [-0.2, 0) is 26.1 Å². The minimum absolute atomic E-state index is 0.0821. The minimum atomic E-state index is -4.25. The molecule has 0 amide bonds. The number of nitrogens with one attached hydrogen (secondary N) is 1. The van der Waals surface area contributed by atoms with Crippen molar-refractivity contribution in [3.05, 3.63) is 47.3 Å². The maximum atomic E-state index is 13.3. The Morgan fingerprint density at radius 2 is 1.69 bits per heavy atom. The topological polar surface area (TPSA) is 140 Å². The number of methoxy groups -OCH3 is 3. The lowest BCUT2D eigenvalue weighted by atomic mass is 10.2. The first kappa shape index (κ1) is 27.4. The predicted molar refractivity (Wildman–Crippen MR) is 124 cm³/mol. The number of hydrogen-bond donors (Lipinski definition) is 1. The summed E-state index contributed by atoms with van der Waals surface area (Å²) in [6, 6.07) is 4.76. The van der Waals surface area contributed by atoms with Crippen molar-refractivity contribution >= 4 is 27.6 Å². The van der Waals surface area contributed by atoms with E-state index in [1.807, 2.05) is 0 Å². The van der Waals surface area contributed by atoms with E-state index >= 15 is 0 Å². The van der Waals surface area contributed by atoms with Crippen molar-refractivity contribution in [3.63, 3.8) is 0 Å². The van der Waals surface area contributed by atoms with Gasteiger partial charge in [-0.2, -0.15) is 8.78 Å². The van der Waals surface area contributed by atoms with Crippen LogP contribution in [0.2, 0.25) is 5.02 Å². The van der Waals surface area contributed by atoms with E-state index in [0.717, 1.165) is 4.57 Å². The van der Waals surface area contributed by atoms with Crippen molar-refractivity contribution in [2.24, 2.45) is 0 Å². The largest absolute Gasteiger partial charge is 0.494 e. The Morgan fingerprint density at radius 3 is 2.22 bits per heavy atom. The highest BCUT2D eigenvalue weighted by molar-refractivity contribution is 7.93. The number of hydrogen-bond acceptors (Lipinski definition) is 10. The minimum Gasteiger partial charge on any atom is -0.494 e. The van der Waals surface area contributed by atoms with E-state index in [-0.39, 0.29) is 39.8 Å². The molecule has 0 aliphatic carbocycles. The van der Waals surface area contributed by atoms with E-state index in [1.54, 1.807) is 18.2 Å². The summed E-state index contributed by atoms with van der Waals surface area (Å²) >= 11 is 5.82. The van der Waals surface area contributed by atoms with Gasteiger partial charge in [0.25, 0.3) is 0 Å². The molecule has 2 heterocycles. The molecule has 1 N–H and O–H groups in total. The van der Waals surface area contributed by atoms with Crippen LogP contribution >= 0.6 is 11.6 Å². The van der Waals surface area contributed by atoms with Gasteiger partial charge in [-0.05, 0) is 19.1 Å². The van der Waals surface area contributed by atoms with Crippen molar-refractivity contribution in [2.75, 3.05) is 26.1 Å². The number of ether oxygens (including phenoxy) is 4. The lowest BCUT2D eigenvalue weighted by Crippen LogP contribution is -2.33. The molecule has 0 saturated carbocycles. The monoisotopic (exact) mass is 548 g/mol. The normalized spacial score (nSPS) is 13.4. The van der Waals surface area contributed by atoms with E-state index in [0.29, 0.717) is 0 Å². The summed E-state index contributed by atoms with van der Waals surface area (Å²) in [5.41, 5.74) is 0.162. The predicted octanol–water partition coefficient (Wildman–Crippen LogP) is 2.99. The molecule has 0 radical (unpaired) electrons. The van der Waals surface area contributed by atoms with Crippen LogP contribution in [0.15, 0.2) is 30.6 Å². The zero-order chi connectivity index (χ0) is 26.5. The van der Waals surface area contributed by atoms with Crippen LogP contribution in [-0.4, -0.2) is 66.3 Å². The van der Waals surface area contributed by atoms with E-state index in [9.17, 15) is 17.2 Å². The van der Waals surface area contributed by atoms with E-state index in [1.165, 1.54) is 40.6 Å². The molecule has 36 heavy (non-hydrogen) atoms. The van der Waals surface area contributed by atoms with Crippen molar-refractivity contribution in [1.82, 2.24) is 24.7 Å². The van der Waals surface area contributed by atoms with Gasteiger partial charge in [0.05, 0.1) is 19.2 Å². The highest BCUT2D eigenvalue weighted by Crippen LogP contribution is 2.36. The van der Waals surface area contributed by atoms with Crippen molar-refractivity contribution < 1.29 is 36.1 Å². The third-order valence-corrected chi connectivity index (χ3v) is 6.88. The quantitative estimate of drug-likeness (QED) is 0.359. The lowest BCUT2D eigenvalue weighted by Gasteiger charge is -2.22. The Balaban J connectivity index is 2.06. The number of sulfonamides is 1. The van der Waals surface area contributed by atoms with Crippen LogP contribution in [0.25, 0.3) is 5.69 Å². The fourth-order valence-corrected chi connectivity index (χ4v) is 4.49. The van der Waals surface area contributed by atoms with Gasteiger partial charge in [0.15, 0.2) is 11.6 Å². The molecule has 3 rings (SSSR count). The summed E-state index contributed by atoms with van der Waals surface area (Å²) in [6.45, 7) is -2.42. The Kier molecular flexibility index (Phi) is 8.94. The zero-order valence-corrected chi connectivity index (χ0v) is 21.1. The fraction of sp³-hybridized carbons (Fsp3) is 0.400. The number of para-hydroxylation sites is 1. The van der Waals surface area contributed by atoms with Gasteiger partial charge in [0.2, 0.25) is 16.0 Å². The molecule has 0 aliphatic heterocycles. The smallest absolute Gasteiger partial charge is 0.345 e. The first-order chi connectivity index (χ1) is 17.1. The molecule has 1 aromatic carbocycles. The first-order valence-corrected chi connectivity index (χ1v) is 12.1. The second-order valence-electron chi connectivity index (χ2n) is 7.13. The van der Waals surface area contributed by atoms with E-state index in [4.69, 9.17) is 25.8 Å². The van der Waals surface area contributed by atoms with E-state index < -0.39 is 34.6 Å². The molecule has 12 nitrogen and oxygen atoms in total. The number of anilines is 1. The highest BCUT2D eigenvalue weighted by Gasteiger charge is 2.35. The third kappa shape index (κ3) is 5.98. The average molecular weight is 549 g/mol. The average Bonchev–Trinajstić information content (AvgIpc) is 3.24. The fourth-order valence-electron chi connectivity index (χ4n) is 3.26. The first-order valence-electron chi connectivity index (χ1n) is 10.2. The summed E-state index contributed by atoms with van der Waals surface area (Å²) in [7, 11) is -0.202. The van der Waals surface area contributed by atoms with Crippen LogP contribution in [0.3, 0.4) is 0 Å². The van der Waals surface area contributed by atoms with Crippen LogP contribution in [0.1, 0.15) is 24.7 Å². The number of aromatic nitrogens is 5. The molecule has 0 spiro atoms. The summed E-state index contributed by atoms with van der Waals surface area (Å²) in [5, 5.41) is 6.72. The molecule has 0 saturated heterocycles. The van der Waals surface area contributed by atoms with E-state index in [2.05, 4.69) is 29.6 Å². The standard InChI is InChI=1S/C20H23ClF2N6O6S/c1-11(17(34-4)18-24-8-12(21)9-25-18)36(30,31)28-20-27-26-15(10-35-19(22)23)29(20)16-13(32-2)6-5-7-14(16)33-3/h5-9,11,17,19H,10H2,1-4H3,(H,27,28). The number of benzene rings is 1. The van der Waals surface area contributed by atoms with Crippen molar-refractivity contribution in [3.8, 4) is 17.2 Å². The third-order valence-electron chi connectivity index (χ3n) is 4.99. The van der Waals surface area contributed by atoms with Gasteiger partial charge >= 0.3 is 6.61 Å². The SMILES string of the molecule is COc1cccc(OC)c1-n1c(COC(F)F)nnc1NS(=O)(=O)C(C)C(OC)c1ncc(Cl)cn1. The van der Waals surface area contributed by atoms with Gasteiger partial charge in [0.1, 0.15) is 35.1 Å². The maximum Gasteiger partial charge on any atom is 0.345 e. The Morgan fingerprint density at radius 1 is 1.08 bits per heavy atom. The van der Waals surface area contributed by atoms with Crippen LogP contribution in [0.5, 0.6) is 11.5 Å². The molecule has 3 aromatic rings. The summed E-state index contributed by atoms with van der Waals surface area (Å²) in [5.74, 6) is 0.0615. The zero-order valence-electron chi connectivity index (χ0n) is 19.6. The van der Waals surface area contributed by atoms with Crippen LogP contribution < -0.4 is 14.2 Å². The molecule has 0 bridgehead atoms. The molecule has 2 aromatic heterocycles. The van der Waals surface area contributed by atoms with Crippen LogP contribution in [0.4, 0.5) is 14.7 Å². The molecular weight excluding hydrogens is 526 g/mol.